The molecule has 4 heterocycles. The molecule has 4 aliphatic rings. The van der Waals surface area contributed by atoms with Crippen molar-refractivity contribution in [3.05, 3.63) is 161 Å². The van der Waals surface area contributed by atoms with Gasteiger partial charge >= 0.3 is 0 Å². The van der Waals surface area contributed by atoms with Gasteiger partial charge in [-0.15, -0.1) is 0 Å². The molecule has 1 aliphatic carbocycles. The van der Waals surface area contributed by atoms with Gasteiger partial charge in [-0.25, -0.2) is 0 Å². The van der Waals surface area contributed by atoms with Crippen molar-refractivity contribution in [1.82, 2.24) is 0 Å². The van der Waals surface area contributed by atoms with E-state index in [0.29, 0.717) is 0 Å². The fourth-order valence-corrected chi connectivity index (χ4v) is 12.9. The summed E-state index contributed by atoms with van der Waals surface area (Å²) in [7, 11) is 0. The molecular formula is C63H66BN3O. The Morgan fingerprint density at radius 2 is 1.12 bits per heavy atom. The van der Waals surface area contributed by atoms with E-state index in [2.05, 4.69) is 231 Å². The predicted molar refractivity (Wildman–Crippen MR) is 291 cm³/mol. The van der Waals surface area contributed by atoms with Gasteiger partial charge in [0.25, 0.3) is 6.71 Å². The molecule has 12 rings (SSSR count). The van der Waals surface area contributed by atoms with Gasteiger partial charge in [0, 0.05) is 50.6 Å². The maximum atomic E-state index is 6.68. The van der Waals surface area contributed by atoms with Crippen LogP contribution in [0.3, 0.4) is 0 Å². The van der Waals surface area contributed by atoms with Gasteiger partial charge in [-0.3, -0.25) is 0 Å². The third-order valence-corrected chi connectivity index (χ3v) is 16.9. The van der Waals surface area contributed by atoms with Crippen LogP contribution in [0.1, 0.15) is 130 Å². The van der Waals surface area contributed by atoms with Crippen molar-refractivity contribution < 1.29 is 4.42 Å². The highest BCUT2D eigenvalue weighted by molar-refractivity contribution is 7.00. The van der Waals surface area contributed by atoms with E-state index in [-0.39, 0.29) is 33.9 Å². The lowest BCUT2D eigenvalue weighted by Gasteiger charge is -2.50. The number of nitrogens with zero attached hydrogens (tertiary/aromatic N) is 3. The van der Waals surface area contributed by atoms with Gasteiger partial charge in [0.15, 0.2) is 0 Å². The minimum absolute atomic E-state index is 0.000614. The van der Waals surface area contributed by atoms with Gasteiger partial charge in [-0.05, 0) is 154 Å². The molecule has 2 unspecified atom stereocenters. The molecule has 8 aromatic rings. The molecule has 7 aromatic carbocycles. The van der Waals surface area contributed by atoms with Gasteiger partial charge in [-0.2, -0.15) is 0 Å². The van der Waals surface area contributed by atoms with Crippen molar-refractivity contribution in [2.75, 3.05) is 14.7 Å². The van der Waals surface area contributed by atoms with Crippen LogP contribution < -0.4 is 31.1 Å². The van der Waals surface area contributed by atoms with E-state index in [1.807, 2.05) is 0 Å². The molecule has 0 saturated heterocycles. The average Bonchev–Trinajstić information content (AvgIpc) is 3.77. The molecule has 3 aliphatic heterocycles. The minimum atomic E-state index is -0.0949. The lowest BCUT2D eigenvalue weighted by atomic mass is 9.33. The van der Waals surface area contributed by atoms with Crippen LogP contribution in [-0.2, 0) is 21.7 Å². The van der Waals surface area contributed by atoms with Gasteiger partial charge in [0.05, 0.1) is 16.6 Å². The molecule has 68 heavy (non-hydrogen) atoms. The first-order valence-corrected chi connectivity index (χ1v) is 25.3. The lowest BCUT2D eigenvalue weighted by Crippen LogP contribution is -2.61. The van der Waals surface area contributed by atoms with E-state index in [0.717, 1.165) is 34.0 Å². The smallest absolute Gasteiger partial charge is 0.252 e. The van der Waals surface area contributed by atoms with Crippen LogP contribution in [0.15, 0.2) is 138 Å². The number of hydrogen-bond donors (Lipinski definition) is 0. The third-order valence-electron chi connectivity index (χ3n) is 16.9. The Labute approximate surface area is 405 Å². The maximum absolute atomic E-state index is 6.68. The zero-order chi connectivity index (χ0) is 47.4. The van der Waals surface area contributed by atoms with Crippen LogP contribution in [0.4, 0.5) is 45.5 Å². The van der Waals surface area contributed by atoms with Gasteiger partial charge < -0.3 is 19.1 Å². The average molecular weight is 892 g/mol. The number of aryl methyl sites for hydroxylation is 1. The molecule has 0 radical (unpaired) electrons. The molecule has 0 amide bonds. The number of hydrogen-bond acceptors (Lipinski definition) is 4. The van der Waals surface area contributed by atoms with Crippen molar-refractivity contribution >= 4 is 90.5 Å². The summed E-state index contributed by atoms with van der Waals surface area (Å²) in [4.78, 5) is 7.94. The Morgan fingerprint density at radius 3 is 1.84 bits per heavy atom. The summed E-state index contributed by atoms with van der Waals surface area (Å²) >= 11 is 0. The van der Waals surface area contributed by atoms with Crippen LogP contribution in [0.2, 0.25) is 0 Å². The first-order chi connectivity index (χ1) is 32.3. The molecule has 5 heteroatoms. The van der Waals surface area contributed by atoms with Crippen LogP contribution >= 0.6 is 0 Å². The van der Waals surface area contributed by atoms with Crippen molar-refractivity contribution in [3.63, 3.8) is 0 Å². The standard InChI is InChI=1S/C63H66BN3O/c1-39-34-53-58-54(35-39)66(51-19-17-21-56-57(51)45-18-13-14-20-55(45)68-56)52-38-44(67-49-30-24-41(60(5,6)7)36-46(49)62(11)32-15-16-33-63(62,67)12)28-29-47(52)64(58)48-37-42(61(8,9)10)25-31-50(48)65(53)43-26-22-40(23-27-43)59(2,3)4/h13-14,17-31,34-38H,15-16,32-33H2,1-12H3. The minimum Gasteiger partial charge on any atom is -0.456 e. The monoisotopic (exact) mass is 892 g/mol. The number of rotatable bonds is 3. The third kappa shape index (κ3) is 6.12. The van der Waals surface area contributed by atoms with E-state index in [1.54, 1.807) is 0 Å². The second-order valence-corrected chi connectivity index (χ2v) is 24.3. The second-order valence-electron chi connectivity index (χ2n) is 24.3. The summed E-state index contributed by atoms with van der Waals surface area (Å²) in [6, 6.07) is 51.8. The molecule has 0 N–H and O–H groups in total. The Hall–Kier alpha value is -6.20. The lowest BCUT2D eigenvalue weighted by molar-refractivity contribution is 0.195. The fourth-order valence-electron chi connectivity index (χ4n) is 12.9. The highest BCUT2D eigenvalue weighted by Crippen LogP contribution is 2.62. The zero-order valence-corrected chi connectivity index (χ0v) is 42.4. The second kappa shape index (κ2) is 14.4. The molecule has 1 saturated carbocycles. The number of anilines is 8. The molecule has 2 atom stereocenters. The van der Waals surface area contributed by atoms with Gasteiger partial charge in [0.2, 0.25) is 0 Å². The molecule has 342 valence electrons. The summed E-state index contributed by atoms with van der Waals surface area (Å²) in [6.45, 7) is 28.4. The van der Waals surface area contributed by atoms with E-state index in [1.165, 1.54) is 103 Å². The van der Waals surface area contributed by atoms with Gasteiger partial charge in [0.1, 0.15) is 11.2 Å². The van der Waals surface area contributed by atoms with E-state index in [9.17, 15) is 0 Å². The van der Waals surface area contributed by atoms with Gasteiger partial charge in [-0.1, -0.05) is 149 Å². The van der Waals surface area contributed by atoms with E-state index in [4.69, 9.17) is 4.42 Å². The molecular weight excluding hydrogens is 826 g/mol. The molecule has 1 fully saturated rings. The van der Waals surface area contributed by atoms with Crippen molar-refractivity contribution in [3.8, 4) is 0 Å². The Bertz CT molecular complexity index is 3380. The number of para-hydroxylation sites is 1. The SMILES string of the molecule is Cc1cc2c3c(c1)N(c1cccc4oc5ccccc5c14)c1cc(N4c5ccc(C(C)(C)C)cc5C5(C)CCCCC45C)ccc1B3c1cc(C(C)(C)C)ccc1N2c1ccc(C(C)(C)C)cc1. The summed E-state index contributed by atoms with van der Waals surface area (Å²) < 4.78 is 6.68. The van der Waals surface area contributed by atoms with Crippen LogP contribution in [0.25, 0.3) is 21.9 Å². The Morgan fingerprint density at radius 1 is 0.500 bits per heavy atom. The normalized spacial score (nSPS) is 19.8. The highest BCUT2D eigenvalue weighted by Gasteiger charge is 2.58. The van der Waals surface area contributed by atoms with Crippen molar-refractivity contribution in [2.45, 2.75) is 136 Å². The molecule has 1 aromatic heterocycles. The van der Waals surface area contributed by atoms with Crippen LogP contribution in [0.5, 0.6) is 0 Å². The summed E-state index contributed by atoms with van der Waals surface area (Å²) in [6.07, 6.45) is 4.82. The highest BCUT2D eigenvalue weighted by atomic mass is 16.3. The van der Waals surface area contributed by atoms with E-state index >= 15 is 0 Å². The summed E-state index contributed by atoms with van der Waals surface area (Å²) in [5, 5.41) is 2.27. The quantitative estimate of drug-likeness (QED) is 0.165. The summed E-state index contributed by atoms with van der Waals surface area (Å²) in [5.41, 5.74) is 22.5. The predicted octanol–water partition coefficient (Wildman–Crippen LogP) is 15.6. The molecule has 4 nitrogen and oxygen atoms in total. The van der Waals surface area contributed by atoms with Crippen LogP contribution in [0, 0.1) is 6.92 Å². The number of furan rings is 1. The first-order valence-electron chi connectivity index (χ1n) is 25.3. The largest absolute Gasteiger partial charge is 0.456 e. The molecule has 0 bridgehead atoms. The zero-order valence-electron chi connectivity index (χ0n) is 42.4. The Balaban J connectivity index is 1.16. The first kappa shape index (κ1) is 43.1. The van der Waals surface area contributed by atoms with Crippen molar-refractivity contribution in [2.24, 2.45) is 0 Å². The topological polar surface area (TPSA) is 22.9 Å². The number of benzene rings is 7. The van der Waals surface area contributed by atoms with Crippen LogP contribution in [-0.4, -0.2) is 12.3 Å². The molecule has 0 spiro atoms. The maximum Gasteiger partial charge on any atom is 0.252 e. The summed E-state index contributed by atoms with van der Waals surface area (Å²) in [5.74, 6) is 0. The number of fused-ring (bicyclic) bond motifs is 10. The van der Waals surface area contributed by atoms with Crippen molar-refractivity contribution in [1.29, 1.82) is 0 Å². The Kier molecular flexibility index (Phi) is 9.14. The fraction of sp³-hybridized carbons (Fsp3) is 0.333. The van der Waals surface area contributed by atoms with E-state index < -0.39 is 0 Å².